The Bertz CT molecular complexity index is 1090. The Morgan fingerprint density at radius 1 is 1.06 bits per heavy atom. The van der Waals surface area contributed by atoms with Crippen LogP contribution >= 0.6 is 11.8 Å². The average molecular weight is 439 g/mol. The van der Waals surface area contributed by atoms with E-state index in [-0.39, 0.29) is 17.2 Å². The Morgan fingerprint density at radius 2 is 1.77 bits per heavy atom. The fourth-order valence-corrected chi connectivity index (χ4v) is 4.24. The summed E-state index contributed by atoms with van der Waals surface area (Å²) in [6, 6.07) is 15.6. The maximum absolute atomic E-state index is 13.0. The molecule has 164 valence electrons. The summed E-state index contributed by atoms with van der Waals surface area (Å²) in [5.74, 6) is 0.245. The molecule has 6 nitrogen and oxygen atoms in total. The first-order chi connectivity index (χ1) is 14.9. The summed E-state index contributed by atoms with van der Waals surface area (Å²) in [6.07, 6.45) is 1.88. The van der Waals surface area contributed by atoms with Gasteiger partial charge in [0.2, 0.25) is 5.91 Å². The molecule has 1 amide bonds. The molecule has 0 radical (unpaired) electrons. The van der Waals surface area contributed by atoms with Crippen LogP contribution in [0, 0.1) is 0 Å². The van der Waals surface area contributed by atoms with Crippen LogP contribution in [0.15, 0.2) is 58.5 Å². The zero-order chi connectivity index (χ0) is 22.4. The molecule has 0 atom stereocenters. The molecule has 0 saturated carbocycles. The fraction of sp³-hybridized carbons (Fsp3) is 0.375. The first-order valence-corrected chi connectivity index (χ1v) is 11.5. The van der Waals surface area contributed by atoms with Crippen LogP contribution < -0.4 is 10.5 Å². The van der Waals surface area contributed by atoms with Crippen molar-refractivity contribution in [2.75, 3.05) is 31.8 Å². The van der Waals surface area contributed by atoms with Crippen molar-refractivity contribution in [1.82, 2.24) is 14.5 Å². The van der Waals surface area contributed by atoms with E-state index in [0.717, 1.165) is 24.1 Å². The van der Waals surface area contributed by atoms with Crippen molar-refractivity contribution in [2.45, 2.75) is 38.0 Å². The monoisotopic (exact) mass is 438 g/mol. The standard InChI is InChI=1S/C24H30N4O2S/c1-5-6-15-28-23(30)20-9-7-8-10-21(20)25-24(28)31-17-22(29)27(4)16-18-11-13-19(14-12-18)26(2)3/h7-14H,5-6,15-17H2,1-4H3. The largest absolute Gasteiger partial charge is 0.378 e. The van der Waals surface area contributed by atoms with Crippen molar-refractivity contribution in [3.05, 3.63) is 64.4 Å². The maximum atomic E-state index is 13.0. The predicted molar refractivity (Wildman–Crippen MR) is 129 cm³/mol. The molecule has 0 fully saturated rings. The number of carbonyl (C=O) groups excluding carboxylic acids is 1. The van der Waals surface area contributed by atoms with Gasteiger partial charge < -0.3 is 9.80 Å². The first-order valence-electron chi connectivity index (χ1n) is 10.5. The van der Waals surface area contributed by atoms with E-state index in [1.54, 1.807) is 16.5 Å². The van der Waals surface area contributed by atoms with E-state index in [1.165, 1.54) is 11.8 Å². The summed E-state index contributed by atoms with van der Waals surface area (Å²) in [5, 5.41) is 1.22. The molecule has 3 aromatic rings. The van der Waals surface area contributed by atoms with Gasteiger partial charge in [0.15, 0.2) is 5.16 Å². The molecule has 0 bridgehead atoms. The number of para-hydroxylation sites is 1. The van der Waals surface area contributed by atoms with Crippen molar-refractivity contribution < 1.29 is 4.79 Å². The number of thioether (sulfide) groups is 1. The van der Waals surface area contributed by atoms with Crippen LogP contribution in [0.3, 0.4) is 0 Å². The maximum Gasteiger partial charge on any atom is 0.262 e. The highest BCUT2D eigenvalue weighted by Gasteiger charge is 2.15. The highest BCUT2D eigenvalue weighted by molar-refractivity contribution is 7.99. The summed E-state index contributed by atoms with van der Waals surface area (Å²) in [7, 11) is 5.81. The van der Waals surface area contributed by atoms with Crippen molar-refractivity contribution in [1.29, 1.82) is 0 Å². The zero-order valence-corrected chi connectivity index (χ0v) is 19.5. The number of amides is 1. The minimum absolute atomic E-state index is 0.00568. The summed E-state index contributed by atoms with van der Waals surface area (Å²) < 4.78 is 1.71. The molecule has 0 unspecified atom stereocenters. The van der Waals surface area contributed by atoms with E-state index >= 15 is 0 Å². The van der Waals surface area contributed by atoms with Gasteiger partial charge in [-0.3, -0.25) is 14.2 Å². The van der Waals surface area contributed by atoms with E-state index in [0.29, 0.717) is 29.1 Å². The van der Waals surface area contributed by atoms with Crippen molar-refractivity contribution >= 4 is 34.3 Å². The summed E-state index contributed by atoms with van der Waals surface area (Å²) in [6.45, 7) is 3.24. The lowest BCUT2D eigenvalue weighted by Gasteiger charge is -2.19. The minimum atomic E-state index is -0.0386. The molecule has 0 spiro atoms. The van der Waals surface area contributed by atoms with Crippen molar-refractivity contribution in [3.63, 3.8) is 0 Å². The van der Waals surface area contributed by atoms with Crippen LogP contribution in [-0.4, -0.2) is 47.3 Å². The normalized spacial score (nSPS) is 11.0. The molecular formula is C24H30N4O2S. The molecule has 0 aliphatic carbocycles. The zero-order valence-electron chi connectivity index (χ0n) is 18.7. The average Bonchev–Trinajstić information content (AvgIpc) is 2.77. The smallest absolute Gasteiger partial charge is 0.262 e. The lowest BCUT2D eigenvalue weighted by Crippen LogP contribution is -2.29. The fourth-order valence-electron chi connectivity index (χ4n) is 3.27. The second-order valence-electron chi connectivity index (χ2n) is 7.82. The molecular weight excluding hydrogens is 408 g/mol. The van der Waals surface area contributed by atoms with Gasteiger partial charge in [-0.15, -0.1) is 0 Å². The molecule has 31 heavy (non-hydrogen) atoms. The summed E-state index contributed by atoms with van der Waals surface area (Å²) >= 11 is 1.33. The molecule has 1 heterocycles. The van der Waals surface area contributed by atoms with Gasteiger partial charge in [-0.1, -0.05) is 49.4 Å². The van der Waals surface area contributed by atoms with E-state index in [9.17, 15) is 9.59 Å². The van der Waals surface area contributed by atoms with Gasteiger partial charge in [0, 0.05) is 39.9 Å². The number of unbranched alkanes of at least 4 members (excludes halogenated alkanes) is 1. The topological polar surface area (TPSA) is 58.4 Å². The molecule has 0 saturated heterocycles. The molecule has 0 N–H and O–H groups in total. The second kappa shape index (κ2) is 10.5. The Morgan fingerprint density at radius 3 is 2.45 bits per heavy atom. The first kappa shape index (κ1) is 22.9. The van der Waals surface area contributed by atoms with E-state index < -0.39 is 0 Å². The Kier molecular flexibility index (Phi) is 7.74. The Balaban J connectivity index is 1.71. The van der Waals surface area contributed by atoms with E-state index in [2.05, 4.69) is 11.9 Å². The number of aromatic nitrogens is 2. The molecule has 0 aliphatic heterocycles. The van der Waals surface area contributed by atoms with Gasteiger partial charge in [0.05, 0.1) is 16.7 Å². The number of hydrogen-bond acceptors (Lipinski definition) is 5. The van der Waals surface area contributed by atoms with Crippen LogP contribution in [0.4, 0.5) is 5.69 Å². The van der Waals surface area contributed by atoms with Gasteiger partial charge in [-0.2, -0.15) is 0 Å². The molecule has 1 aromatic heterocycles. The third kappa shape index (κ3) is 5.67. The molecule has 0 aliphatic rings. The van der Waals surface area contributed by atoms with Crippen molar-refractivity contribution in [2.24, 2.45) is 0 Å². The highest BCUT2D eigenvalue weighted by atomic mass is 32.2. The third-order valence-electron chi connectivity index (χ3n) is 5.18. The van der Waals surface area contributed by atoms with Crippen LogP contribution in [0.2, 0.25) is 0 Å². The molecule has 2 aromatic carbocycles. The van der Waals surface area contributed by atoms with Gasteiger partial charge >= 0.3 is 0 Å². The highest BCUT2D eigenvalue weighted by Crippen LogP contribution is 2.20. The number of benzene rings is 2. The number of carbonyl (C=O) groups is 1. The lowest BCUT2D eigenvalue weighted by molar-refractivity contribution is -0.127. The van der Waals surface area contributed by atoms with Crippen LogP contribution in [-0.2, 0) is 17.9 Å². The van der Waals surface area contributed by atoms with Gasteiger partial charge in [0.25, 0.3) is 5.56 Å². The van der Waals surface area contributed by atoms with Gasteiger partial charge in [-0.25, -0.2) is 4.98 Å². The Hall–Kier alpha value is -2.80. The number of rotatable bonds is 9. The second-order valence-corrected chi connectivity index (χ2v) is 8.76. The SMILES string of the molecule is CCCCn1c(SCC(=O)N(C)Cc2ccc(N(C)C)cc2)nc2ccccc2c1=O. The van der Waals surface area contributed by atoms with Crippen LogP contribution in [0.5, 0.6) is 0 Å². The van der Waals surface area contributed by atoms with E-state index in [4.69, 9.17) is 0 Å². The van der Waals surface area contributed by atoms with Crippen molar-refractivity contribution in [3.8, 4) is 0 Å². The molecule has 7 heteroatoms. The van der Waals surface area contributed by atoms with E-state index in [1.807, 2.05) is 67.5 Å². The minimum Gasteiger partial charge on any atom is -0.378 e. The number of anilines is 1. The van der Waals surface area contributed by atoms with Crippen LogP contribution in [0.1, 0.15) is 25.3 Å². The number of fused-ring (bicyclic) bond motifs is 1. The summed E-state index contributed by atoms with van der Waals surface area (Å²) in [5.41, 5.74) is 2.84. The predicted octanol–water partition coefficient (Wildman–Crippen LogP) is 4.01. The van der Waals surface area contributed by atoms with Gasteiger partial charge in [0.1, 0.15) is 0 Å². The lowest BCUT2D eigenvalue weighted by atomic mass is 10.2. The number of nitrogens with zero attached hydrogens (tertiary/aromatic N) is 4. The van der Waals surface area contributed by atoms with Gasteiger partial charge in [-0.05, 0) is 36.2 Å². The third-order valence-corrected chi connectivity index (χ3v) is 6.15. The van der Waals surface area contributed by atoms with Crippen LogP contribution in [0.25, 0.3) is 10.9 Å². The summed E-state index contributed by atoms with van der Waals surface area (Å²) in [4.78, 5) is 34.2. The quantitative estimate of drug-likeness (QED) is 0.373. The number of hydrogen-bond donors (Lipinski definition) is 0. The Labute approximate surface area is 187 Å². The molecule has 3 rings (SSSR count).